The van der Waals surface area contributed by atoms with E-state index in [4.69, 9.17) is 4.74 Å². The third-order valence-corrected chi connectivity index (χ3v) is 2.70. The number of methoxy groups -OCH3 is 1. The lowest BCUT2D eigenvalue weighted by atomic mass is 10.1. The van der Waals surface area contributed by atoms with Crippen molar-refractivity contribution in [2.75, 3.05) is 12.4 Å². The molecule has 0 aliphatic rings. The molecule has 0 saturated heterocycles. The lowest BCUT2D eigenvalue weighted by Crippen LogP contribution is -2.19. The van der Waals surface area contributed by atoms with Crippen LogP contribution < -0.4 is 10.1 Å². The predicted octanol–water partition coefficient (Wildman–Crippen LogP) is 3.36. The van der Waals surface area contributed by atoms with E-state index in [1.807, 2.05) is 0 Å². The number of carbonyl (C=O) groups excluding carboxylic acids is 1. The van der Waals surface area contributed by atoms with Gasteiger partial charge in [-0.3, -0.25) is 4.79 Å². The smallest absolute Gasteiger partial charge is 0.417 e. The minimum absolute atomic E-state index is 0.0574. The van der Waals surface area contributed by atoms with Gasteiger partial charge in [0.05, 0.1) is 18.2 Å². The van der Waals surface area contributed by atoms with Crippen LogP contribution in [0, 0.1) is 0 Å². The fraction of sp³-hybridized carbons (Fsp3) is 0.143. The van der Waals surface area contributed by atoms with Gasteiger partial charge in [-0.2, -0.15) is 13.2 Å². The Bertz CT molecular complexity index is 657. The van der Waals surface area contributed by atoms with E-state index in [9.17, 15) is 18.0 Å². The van der Waals surface area contributed by atoms with Gasteiger partial charge < -0.3 is 10.1 Å². The molecule has 2 aromatic rings. The molecule has 0 spiro atoms. The Labute approximate surface area is 118 Å². The Kier molecular flexibility index (Phi) is 4.11. The quantitative estimate of drug-likeness (QED) is 0.945. The maximum absolute atomic E-state index is 12.9. The van der Waals surface area contributed by atoms with Crippen LogP contribution in [0.15, 0.2) is 42.6 Å². The third-order valence-electron chi connectivity index (χ3n) is 2.70. The molecule has 21 heavy (non-hydrogen) atoms. The van der Waals surface area contributed by atoms with Gasteiger partial charge in [0.1, 0.15) is 0 Å². The van der Waals surface area contributed by atoms with Gasteiger partial charge >= 0.3 is 6.18 Å². The van der Waals surface area contributed by atoms with Crippen LogP contribution >= 0.6 is 0 Å². The van der Waals surface area contributed by atoms with Gasteiger partial charge in [-0.25, -0.2) is 4.98 Å². The van der Waals surface area contributed by atoms with Crippen LogP contribution in [0.5, 0.6) is 5.75 Å². The molecule has 0 bridgehead atoms. The number of nitrogens with one attached hydrogen (secondary N) is 1. The SMILES string of the molecule is COc1cccnc1NC(=O)c1ccccc1C(F)(F)F. The molecule has 2 rings (SSSR count). The van der Waals surface area contributed by atoms with Crippen molar-refractivity contribution in [3.63, 3.8) is 0 Å². The van der Waals surface area contributed by atoms with Crippen molar-refractivity contribution in [1.82, 2.24) is 4.98 Å². The largest absolute Gasteiger partial charge is 0.493 e. The number of pyridine rings is 1. The van der Waals surface area contributed by atoms with Crippen molar-refractivity contribution < 1.29 is 22.7 Å². The zero-order valence-electron chi connectivity index (χ0n) is 10.9. The summed E-state index contributed by atoms with van der Waals surface area (Å²) in [5.41, 5.74) is -1.48. The number of halogens is 3. The third kappa shape index (κ3) is 3.31. The first-order valence-corrected chi connectivity index (χ1v) is 5.90. The van der Waals surface area contributed by atoms with E-state index in [-0.39, 0.29) is 11.6 Å². The summed E-state index contributed by atoms with van der Waals surface area (Å²) < 4.78 is 43.6. The van der Waals surface area contributed by atoms with Crippen molar-refractivity contribution in [2.45, 2.75) is 6.18 Å². The number of anilines is 1. The minimum Gasteiger partial charge on any atom is -0.493 e. The molecule has 0 saturated carbocycles. The number of alkyl halides is 3. The van der Waals surface area contributed by atoms with Crippen molar-refractivity contribution >= 4 is 11.7 Å². The van der Waals surface area contributed by atoms with Gasteiger partial charge in [-0.15, -0.1) is 0 Å². The summed E-state index contributed by atoms with van der Waals surface area (Å²) in [6.07, 6.45) is -3.21. The Morgan fingerprint density at radius 3 is 2.57 bits per heavy atom. The van der Waals surface area contributed by atoms with E-state index < -0.39 is 23.2 Å². The van der Waals surface area contributed by atoms with Gasteiger partial charge in [-0.05, 0) is 24.3 Å². The molecule has 0 aliphatic carbocycles. The number of hydrogen-bond donors (Lipinski definition) is 1. The van der Waals surface area contributed by atoms with Gasteiger partial charge in [0.2, 0.25) is 0 Å². The Balaban J connectivity index is 2.34. The van der Waals surface area contributed by atoms with Crippen LogP contribution in [0.2, 0.25) is 0 Å². The zero-order valence-corrected chi connectivity index (χ0v) is 10.9. The normalized spacial score (nSPS) is 11.0. The maximum atomic E-state index is 12.9. The molecule has 4 nitrogen and oxygen atoms in total. The fourth-order valence-corrected chi connectivity index (χ4v) is 1.75. The summed E-state index contributed by atoms with van der Waals surface area (Å²) >= 11 is 0. The van der Waals surface area contributed by atoms with Gasteiger partial charge in [-0.1, -0.05) is 12.1 Å². The molecule has 7 heteroatoms. The summed E-state index contributed by atoms with van der Waals surface area (Å²) in [5, 5.41) is 2.32. The molecule has 1 N–H and O–H groups in total. The van der Waals surface area contributed by atoms with Gasteiger partial charge in [0, 0.05) is 6.20 Å². The molecular weight excluding hydrogens is 285 g/mol. The van der Waals surface area contributed by atoms with Gasteiger partial charge in [0.15, 0.2) is 11.6 Å². The van der Waals surface area contributed by atoms with E-state index in [2.05, 4.69) is 10.3 Å². The van der Waals surface area contributed by atoms with E-state index >= 15 is 0 Å². The first kappa shape index (κ1) is 14.8. The summed E-state index contributed by atoms with van der Waals surface area (Å²) in [4.78, 5) is 15.9. The van der Waals surface area contributed by atoms with E-state index in [0.29, 0.717) is 0 Å². The number of carbonyl (C=O) groups is 1. The number of benzene rings is 1. The lowest BCUT2D eigenvalue weighted by molar-refractivity contribution is -0.137. The van der Waals surface area contributed by atoms with Crippen LogP contribution in [0.25, 0.3) is 0 Å². The Morgan fingerprint density at radius 1 is 1.19 bits per heavy atom. The molecule has 0 aliphatic heterocycles. The topological polar surface area (TPSA) is 51.2 Å². The second-order valence-corrected chi connectivity index (χ2v) is 4.05. The average molecular weight is 296 g/mol. The van der Waals surface area contributed by atoms with E-state index in [0.717, 1.165) is 12.1 Å². The lowest BCUT2D eigenvalue weighted by Gasteiger charge is -2.13. The van der Waals surface area contributed by atoms with Gasteiger partial charge in [0.25, 0.3) is 5.91 Å². The molecule has 1 aromatic carbocycles. The molecular formula is C14H11F3N2O2. The monoisotopic (exact) mass is 296 g/mol. The zero-order chi connectivity index (χ0) is 15.5. The fourth-order valence-electron chi connectivity index (χ4n) is 1.75. The Hall–Kier alpha value is -2.57. The molecule has 1 aromatic heterocycles. The average Bonchev–Trinajstić information content (AvgIpc) is 2.47. The first-order chi connectivity index (χ1) is 9.93. The molecule has 0 atom stereocenters. The van der Waals surface area contributed by atoms with Crippen molar-refractivity contribution in [1.29, 1.82) is 0 Å². The second kappa shape index (κ2) is 5.82. The highest BCUT2D eigenvalue weighted by Gasteiger charge is 2.35. The molecule has 0 radical (unpaired) electrons. The van der Waals surface area contributed by atoms with Crippen LogP contribution in [-0.4, -0.2) is 18.0 Å². The molecule has 1 amide bonds. The van der Waals surface area contributed by atoms with Crippen molar-refractivity contribution in [3.05, 3.63) is 53.7 Å². The number of nitrogens with zero attached hydrogens (tertiary/aromatic N) is 1. The number of hydrogen-bond acceptors (Lipinski definition) is 3. The van der Waals surface area contributed by atoms with Crippen molar-refractivity contribution in [3.8, 4) is 5.75 Å². The second-order valence-electron chi connectivity index (χ2n) is 4.05. The number of aromatic nitrogens is 1. The first-order valence-electron chi connectivity index (χ1n) is 5.90. The summed E-state index contributed by atoms with van der Waals surface area (Å²) in [6, 6.07) is 7.66. The predicted molar refractivity (Wildman–Crippen MR) is 70.2 cm³/mol. The highest BCUT2D eigenvalue weighted by atomic mass is 19.4. The summed E-state index contributed by atoms with van der Waals surface area (Å²) in [7, 11) is 1.37. The van der Waals surface area contributed by atoms with Crippen LogP contribution in [0.4, 0.5) is 19.0 Å². The van der Waals surface area contributed by atoms with Crippen LogP contribution in [0.3, 0.4) is 0 Å². The minimum atomic E-state index is -4.61. The van der Waals surface area contributed by atoms with E-state index in [1.165, 1.54) is 31.5 Å². The van der Waals surface area contributed by atoms with E-state index in [1.54, 1.807) is 6.07 Å². The van der Waals surface area contributed by atoms with Crippen LogP contribution in [0.1, 0.15) is 15.9 Å². The molecule has 110 valence electrons. The highest BCUT2D eigenvalue weighted by molar-refractivity contribution is 6.05. The maximum Gasteiger partial charge on any atom is 0.417 e. The Morgan fingerprint density at radius 2 is 1.90 bits per heavy atom. The highest BCUT2D eigenvalue weighted by Crippen LogP contribution is 2.32. The molecule has 1 heterocycles. The number of rotatable bonds is 3. The summed E-state index contributed by atoms with van der Waals surface area (Å²) in [5.74, 6) is -0.586. The number of ether oxygens (including phenoxy) is 1. The van der Waals surface area contributed by atoms with Crippen LogP contribution in [-0.2, 0) is 6.18 Å². The number of amides is 1. The molecule has 0 fully saturated rings. The van der Waals surface area contributed by atoms with Crippen molar-refractivity contribution in [2.24, 2.45) is 0 Å². The summed E-state index contributed by atoms with van der Waals surface area (Å²) in [6.45, 7) is 0. The standard InChI is InChI=1S/C14H11F3N2O2/c1-21-11-7-4-8-18-12(11)19-13(20)9-5-2-3-6-10(9)14(15,16)17/h2-8H,1H3,(H,18,19,20). The molecule has 0 unspecified atom stereocenters.